The number of nitrogens with two attached hydrogens (primary N) is 1. The number of benzene rings is 1. The number of thioether (sulfide) groups is 1. The number of nitrogens with zero attached hydrogens (tertiary/aromatic N) is 1. The maximum atomic E-state index is 12.2. The van der Waals surface area contributed by atoms with Crippen LogP contribution in [0.4, 0.5) is 8.78 Å². The fourth-order valence-corrected chi connectivity index (χ4v) is 2.52. The molecular formula is C13H15BrF2N2OS. The van der Waals surface area contributed by atoms with E-state index in [9.17, 15) is 13.6 Å². The highest BCUT2D eigenvalue weighted by Gasteiger charge is 2.20. The number of hydrogen-bond acceptors (Lipinski definition) is 3. The van der Waals surface area contributed by atoms with Crippen molar-refractivity contribution in [2.45, 2.75) is 23.5 Å². The first-order valence-electron chi connectivity index (χ1n) is 6.00. The minimum atomic E-state index is -2.44. The SMILES string of the molecule is NC1=[N+](CC(=O)c2ccc(SC(F)F)cc2)CCC1.[Br-]. The lowest BCUT2D eigenvalue weighted by Gasteiger charge is -2.04. The van der Waals surface area contributed by atoms with Crippen molar-refractivity contribution in [2.24, 2.45) is 5.73 Å². The fourth-order valence-electron chi connectivity index (χ4n) is 2.02. The fraction of sp³-hybridized carbons (Fsp3) is 0.385. The minimum absolute atomic E-state index is 0. The average Bonchev–Trinajstić information content (AvgIpc) is 2.75. The molecule has 0 spiro atoms. The van der Waals surface area contributed by atoms with Crippen LogP contribution >= 0.6 is 11.8 Å². The van der Waals surface area contributed by atoms with Crippen LogP contribution in [0.2, 0.25) is 0 Å². The number of carbonyl (C=O) groups excluding carboxylic acids is 1. The van der Waals surface area contributed by atoms with E-state index in [1.54, 1.807) is 24.3 Å². The summed E-state index contributed by atoms with van der Waals surface area (Å²) in [5.74, 6) is -1.74. The number of alkyl halides is 2. The maximum absolute atomic E-state index is 12.2. The Labute approximate surface area is 131 Å². The standard InChI is InChI=1S/C13H14F2N2OS.BrH/c14-13(15)19-10-5-3-9(4-6-10)11(18)8-17-7-1-2-12(17)16;/h3-6,13,16H,1-2,7-8H2;1H. The van der Waals surface area contributed by atoms with E-state index in [4.69, 9.17) is 5.73 Å². The molecule has 0 bridgehead atoms. The first kappa shape index (κ1) is 17.1. The van der Waals surface area contributed by atoms with E-state index in [2.05, 4.69) is 0 Å². The summed E-state index contributed by atoms with van der Waals surface area (Å²) >= 11 is 0.473. The van der Waals surface area contributed by atoms with E-state index in [0.717, 1.165) is 25.2 Å². The van der Waals surface area contributed by atoms with Crippen molar-refractivity contribution in [3.05, 3.63) is 29.8 Å². The van der Waals surface area contributed by atoms with Crippen LogP contribution in [-0.4, -0.2) is 35.0 Å². The predicted molar refractivity (Wildman–Crippen MR) is 71.1 cm³/mol. The van der Waals surface area contributed by atoms with Crippen LogP contribution in [-0.2, 0) is 0 Å². The normalized spacial score (nSPS) is 14.6. The largest absolute Gasteiger partial charge is 1.00 e. The van der Waals surface area contributed by atoms with Gasteiger partial charge in [0, 0.05) is 10.5 Å². The van der Waals surface area contributed by atoms with Gasteiger partial charge in [-0.2, -0.15) is 8.78 Å². The van der Waals surface area contributed by atoms with Crippen molar-refractivity contribution in [2.75, 3.05) is 13.1 Å². The average molecular weight is 365 g/mol. The van der Waals surface area contributed by atoms with E-state index in [1.165, 1.54) is 0 Å². The number of ketones is 1. The summed E-state index contributed by atoms with van der Waals surface area (Å²) in [6.07, 6.45) is 1.81. The summed E-state index contributed by atoms with van der Waals surface area (Å²) in [4.78, 5) is 12.5. The molecule has 0 aliphatic carbocycles. The molecule has 0 amide bonds. The van der Waals surface area contributed by atoms with Gasteiger partial charge >= 0.3 is 0 Å². The first-order valence-corrected chi connectivity index (χ1v) is 6.88. The summed E-state index contributed by atoms with van der Waals surface area (Å²) in [7, 11) is 0. The Hall–Kier alpha value is -0.950. The molecule has 0 unspecified atom stereocenters. The van der Waals surface area contributed by atoms with Crippen LogP contribution in [0, 0.1) is 0 Å². The van der Waals surface area contributed by atoms with Crippen molar-refractivity contribution in [1.82, 2.24) is 0 Å². The Bertz CT molecular complexity index is 506. The van der Waals surface area contributed by atoms with E-state index in [-0.39, 0.29) is 29.3 Å². The molecule has 2 N–H and O–H groups in total. The van der Waals surface area contributed by atoms with Crippen LogP contribution in [0.15, 0.2) is 29.2 Å². The highest BCUT2D eigenvalue weighted by molar-refractivity contribution is 7.99. The quantitative estimate of drug-likeness (QED) is 0.429. The number of halogens is 3. The molecule has 1 aromatic rings. The minimum Gasteiger partial charge on any atom is -1.00 e. The molecule has 0 fully saturated rings. The van der Waals surface area contributed by atoms with Gasteiger partial charge in [0.25, 0.3) is 5.76 Å². The molecule has 1 aliphatic rings. The summed E-state index contributed by atoms with van der Waals surface area (Å²) in [5, 5.41) is 0. The van der Waals surface area contributed by atoms with Crippen LogP contribution in [0.5, 0.6) is 0 Å². The van der Waals surface area contributed by atoms with Gasteiger partial charge in [-0.1, -0.05) is 23.9 Å². The van der Waals surface area contributed by atoms with Gasteiger partial charge in [-0.25, -0.2) is 0 Å². The Balaban J connectivity index is 0.00000200. The van der Waals surface area contributed by atoms with Crippen LogP contribution in [0.3, 0.4) is 0 Å². The lowest BCUT2D eigenvalue weighted by molar-refractivity contribution is -0.507. The molecule has 0 aromatic heterocycles. The van der Waals surface area contributed by atoms with Gasteiger partial charge in [0.05, 0.1) is 13.0 Å². The molecule has 1 heterocycles. The summed E-state index contributed by atoms with van der Waals surface area (Å²) in [6.45, 7) is 1.06. The van der Waals surface area contributed by atoms with E-state index in [0.29, 0.717) is 22.2 Å². The second kappa shape index (κ2) is 7.73. The molecule has 3 nitrogen and oxygen atoms in total. The molecule has 110 valence electrons. The molecule has 0 saturated carbocycles. The highest BCUT2D eigenvalue weighted by atomic mass is 79.9. The maximum Gasteiger partial charge on any atom is 0.288 e. The van der Waals surface area contributed by atoms with Crippen LogP contribution in [0.25, 0.3) is 0 Å². The molecule has 1 aliphatic heterocycles. The molecule has 7 heteroatoms. The molecule has 0 saturated heterocycles. The second-order valence-electron chi connectivity index (χ2n) is 4.34. The second-order valence-corrected chi connectivity index (χ2v) is 5.41. The third kappa shape index (κ3) is 4.56. The molecule has 2 rings (SSSR count). The predicted octanol–water partition coefficient (Wildman–Crippen LogP) is -0.648. The Morgan fingerprint density at radius 2 is 2.00 bits per heavy atom. The monoisotopic (exact) mass is 364 g/mol. The molecule has 20 heavy (non-hydrogen) atoms. The molecule has 1 aromatic carbocycles. The van der Waals surface area contributed by atoms with Gasteiger partial charge in [-0.05, 0) is 18.6 Å². The zero-order valence-corrected chi connectivity index (χ0v) is 13.1. The summed E-state index contributed by atoms with van der Waals surface area (Å²) in [6, 6.07) is 6.25. The molecule has 0 atom stereocenters. The van der Waals surface area contributed by atoms with E-state index >= 15 is 0 Å². The number of hydrogen-bond donors (Lipinski definition) is 1. The van der Waals surface area contributed by atoms with Crippen molar-refractivity contribution >= 4 is 23.4 Å². The zero-order chi connectivity index (χ0) is 13.8. The van der Waals surface area contributed by atoms with Crippen molar-refractivity contribution in [1.29, 1.82) is 0 Å². The van der Waals surface area contributed by atoms with E-state index in [1.807, 2.05) is 4.58 Å². The van der Waals surface area contributed by atoms with Crippen molar-refractivity contribution in [3.63, 3.8) is 0 Å². The molecular weight excluding hydrogens is 350 g/mol. The smallest absolute Gasteiger partial charge is 0.288 e. The summed E-state index contributed by atoms with van der Waals surface area (Å²) in [5.41, 5.74) is 6.31. The van der Waals surface area contributed by atoms with Gasteiger partial charge in [-0.15, -0.1) is 0 Å². The third-order valence-corrected chi connectivity index (χ3v) is 3.73. The number of carbonyl (C=O) groups is 1. The Morgan fingerprint density at radius 1 is 1.35 bits per heavy atom. The van der Waals surface area contributed by atoms with E-state index < -0.39 is 5.76 Å². The number of Topliss-reactive ketones (excluding diaryl/α,β-unsaturated/α-hetero) is 1. The number of rotatable bonds is 5. The number of amidine groups is 1. The lowest BCUT2D eigenvalue weighted by atomic mass is 10.1. The Kier molecular flexibility index (Phi) is 6.61. The van der Waals surface area contributed by atoms with Crippen LogP contribution < -0.4 is 22.7 Å². The van der Waals surface area contributed by atoms with Crippen LogP contribution in [0.1, 0.15) is 23.2 Å². The van der Waals surface area contributed by atoms with Crippen molar-refractivity contribution < 1.29 is 35.1 Å². The summed E-state index contributed by atoms with van der Waals surface area (Å²) < 4.78 is 26.2. The van der Waals surface area contributed by atoms with Crippen molar-refractivity contribution in [3.8, 4) is 0 Å². The zero-order valence-electron chi connectivity index (χ0n) is 10.7. The van der Waals surface area contributed by atoms with Gasteiger partial charge in [0.1, 0.15) is 6.54 Å². The third-order valence-electron chi connectivity index (χ3n) is 3.00. The van der Waals surface area contributed by atoms with Gasteiger partial charge in [0.2, 0.25) is 11.6 Å². The van der Waals surface area contributed by atoms with Gasteiger partial charge in [0.15, 0.2) is 0 Å². The molecule has 0 radical (unpaired) electrons. The highest BCUT2D eigenvalue weighted by Crippen LogP contribution is 2.25. The lowest BCUT2D eigenvalue weighted by Crippen LogP contribution is -3.00. The first-order chi connectivity index (χ1) is 9.06. The van der Waals surface area contributed by atoms with Gasteiger partial charge in [-0.3, -0.25) is 15.1 Å². The Morgan fingerprint density at radius 3 is 2.50 bits per heavy atom. The topological polar surface area (TPSA) is 46.1 Å². The van der Waals surface area contributed by atoms with Gasteiger partial charge < -0.3 is 17.0 Å².